The second-order valence-corrected chi connectivity index (χ2v) is 7.54. The fourth-order valence-corrected chi connectivity index (χ4v) is 4.57. The van der Waals surface area contributed by atoms with Crippen LogP contribution in [-0.2, 0) is 4.74 Å². The van der Waals surface area contributed by atoms with Gasteiger partial charge in [0.15, 0.2) is 0 Å². The van der Waals surface area contributed by atoms with Crippen LogP contribution in [0.4, 0.5) is 10.5 Å². The third-order valence-electron chi connectivity index (χ3n) is 5.02. The van der Waals surface area contributed by atoms with E-state index in [-0.39, 0.29) is 6.09 Å². The molecule has 1 aromatic heterocycles. The van der Waals surface area contributed by atoms with E-state index >= 15 is 0 Å². The van der Waals surface area contributed by atoms with Crippen molar-refractivity contribution in [3.63, 3.8) is 0 Å². The molecule has 5 heteroatoms. The minimum atomic E-state index is -0.358. The zero-order valence-corrected chi connectivity index (χ0v) is 14.4. The van der Waals surface area contributed by atoms with Crippen LogP contribution in [0.2, 0.25) is 0 Å². The molecule has 0 spiro atoms. The van der Waals surface area contributed by atoms with Crippen LogP contribution in [0.5, 0.6) is 0 Å². The van der Waals surface area contributed by atoms with Gasteiger partial charge in [-0.3, -0.25) is 5.32 Å². The molecule has 2 aliphatic heterocycles. The first-order valence-electron chi connectivity index (χ1n) is 8.59. The van der Waals surface area contributed by atoms with Gasteiger partial charge in [0, 0.05) is 17.6 Å². The number of amides is 1. The van der Waals surface area contributed by atoms with Gasteiger partial charge in [-0.1, -0.05) is 18.2 Å². The van der Waals surface area contributed by atoms with Gasteiger partial charge in [0.05, 0.1) is 12.3 Å². The van der Waals surface area contributed by atoms with Crippen LogP contribution in [0.25, 0.3) is 11.1 Å². The third-order valence-corrected chi connectivity index (χ3v) is 5.70. The molecule has 1 aromatic carbocycles. The normalized spacial score (nSPS) is 25.4. The lowest BCUT2D eigenvalue weighted by Gasteiger charge is -2.28. The molecule has 3 heterocycles. The number of hydrogen-bond donors (Lipinski definition) is 2. The van der Waals surface area contributed by atoms with E-state index in [4.69, 9.17) is 4.74 Å². The molecule has 4 nitrogen and oxygen atoms in total. The van der Waals surface area contributed by atoms with Crippen LogP contribution in [0, 0.1) is 5.92 Å². The van der Waals surface area contributed by atoms with Crippen LogP contribution >= 0.6 is 11.3 Å². The fraction of sp³-hybridized carbons (Fsp3) is 0.421. The lowest BCUT2D eigenvalue weighted by molar-refractivity contribution is 0.122. The Morgan fingerprint density at radius 1 is 1.21 bits per heavy atom. The summed E-state index contributed by atoms with van der Waals surface area (Å²) >= 11 is 1.65. The van der Waals surface area contributed by atoms with Crippen LogP contribution in [0.15, 0.2) is 41.1 Å². The number of fused-ring (bicyclic) bond motifs is 2. The van der Waals surface area contributed by atoms with E-state index in [1.54, 1.807) is 11.3 Å². The smallest absolute Gasteiger partial charge is 0.411 e. The van der Waals surface area contributed by atoms with Gasteiger partial charge in [-0.25, -0.2) is 4.79 Å². The lowest BCUT2D eigenvalue weighted by atomic mass is 9.93. The average molecular weight is 342 g/mol. The Labute approximate surface area is 146 Å². The van der Waals surface area contributed by atoms with E-state index in [9.17, 15) is 4.79 Å². The Morgan fingerprint density at radius 3 is 2.75 bits per heavy atom. The van der Waals surface area contributed by atoms with Gasteiger partial charge < -0.3 is 10.1 Å². The van der Waals surface area contributed by atoms with Crippen LogP contribution in [0.3, 0.4) is 0 Å². The number of rotatable bonds is 4. The summed E-state index contributed by atoms with van der Waals surface area (Å²) in [6.07, 6.45) is 4.41. The van der Waals surface area contributed by atoms with E-state index in [0.717, 1.165) is 29.7 Å². The number of carbonyl (C=O) groups is 1. The zero-order chi connectivity index (χ0) is 16.4. The highest BCUT2D eigenvalue weighted by Crippen LogP contribution is 2.32. The molecule has 2 fully saturated rings. The summed E-state index contributed by atoms with van der Waals surface area (Å²) in [4.78, 5) is 12.2. The standard InChI is InChI=1S/C19H22N2O2S/c22-19(23-11-13-9-15-5-6-16(10-13)20-15)21-18-4-2-1-3-17(18)14-7-8-24-12-14/h1-4,7-8,12-13,15-16,20H,5-6,9-11H2,(H,21,22). The predicted molar refractivity (Wildman–Crippen MR) is 97.4 cm³/mol. The molecule has 2 aliphatic rings. The van der Waals surface area contributed by atoms with Gasteiger partial charge in [-0.2, -0.15) is 11.3 Å². The molecule has 2 bridgehead atoms. The highest BCUT2D eigenvalue weighted by Gasteiger charge is 2.33. The molecule has 126 valence electrons. The Hall–Kier alpha value is -1.85. The van der Waals surface area contributed by atoms with Gasteiger partial charge in [0.2, 0.25) is 0 Å². The summed E-state index contributed by atoms with van der Waals surface area (Å²) in [7, 11) is 0. The molecule has 2 N–H and O–H groups in total. The van der Waals surface area contributed by atoms with E-state index in [1.165, 1.54) is 12.8 Å². The molecule has 2 unspecified atom stereocenters. The number of anilines is 1. The molecule has 2 saturated heterocycles. The van der Waals surface area contributed by atoms with Crippen LogP contribution in [-0.4, -0.2) is 24.8 Å². The Morgan fingerprint density at radius 2 is 2.00 bits per heavy atom. The molecule has 24 heavy (non-hydrogen) atoms. The largest absolute Gasteiger partial charge is 0.449 e. The summed E-state index contributed by atoms with van der Waals surface area (Å²) < 4.78 is 5.51. The topological polar surface area (TPSA) is 50.4 Å². The van der Waals surface area contributed by atoms with Gasteiger partial charge >= 0.3 is 6.09 Å². The van der Waals surface area contributed by atoms with Crippen molar-refractivity contribution >= 4 is 23.1 Å². The molecule has 2 atom stereocenters. The second kappa shape index (κ2) is 6.95. The van der Waals surface area contributed by atoms with Crippen LogP contribution < -0.4 is 10.6 Å². The SMILES string of the molecule is O=C(Nc1ccccc1-c1ccsc1)OCC1CC2CCC(C1)N2. The molecular weight excluding hydrogens is 320 g/mol. The maximum atomic E-state index is 12.2. The second-order valence-electron chi connectivity index (χ2n) is 6.76. The number of nitrogens with one attached hydrogen (secondary N) is 2. The first kappa shape index (κ1) is 15.7. The number of piperidine rings is 1. The van der Waals surface area contributed by atoms with E-state index < -0.39 is 0 Å². The number of hydrogen-bond acceptors (Lipinski definition) is 4. The van der Waals surface area contributed by atoms with Crippen molar-refractivity contribution < 1.29 is 9.53 Å². The number of para-hydroxylation sites is 1. The van der Waals surface area contributed by atoms with Crippen molar-refractivity contribution in [3.05, 3.63) is 41.1 Å². The summed E-state index contributed by atoms with van der Waals surface area (Å²) in [5.41, 5.74) is 2.94. The first-order valence-corrected chi connectivity index (χ1v) is 9.53. The zero-order valence-electron chi connectivity index (χ0n) is 13.5. The quantitative estimate of drug-likeness (QED) is 0.860. The van der Waals surface area contributed by atoms with Gasteiger partial charge in [-0.05, 0) is 60.1 Å². The Balaban J connectivity index is 1.35. The Kier molecular flexibility index (Phi) is 4.54. The monoisotopic (exact) mass is 342 g/mol. The average Bonchev–Trinajstić information content (AvgIpc) is 3.23. The molecule has 2 aromatic rings. The van der Waals surface area contributed by atoms with Crippen molar-refractivity contribution in [2.75, 3.05) is 11.9 Å². The summed E-state index contributed by atoms with van der Waals surface area (Å²) in [5.74, 6) is 0.488. The Bertz CT molecular complexity index is 689. The number of thiophene rings is 1. The lowest BCUT2D eigenvalue weighted by Crippen LogP contribution is -2.39. The van der Waals surface area contributed by atoms with Gasteiger partial charge in [-0.15, -0.1) is 0 Å². The third kappa shape index (κ3) is 3.47. The first-order chi connectivity index (χ1) is 11.8. The number of ether oxygens (including phenoxy) is 1. The number of carbonyl (C=O) groups excluding carboxylic acids is 1. The molecule has 0 radical (unpaired) electrons. The van der Waals surface area contributed by atoms with E-state index in [0.29, 0.717) is 24.6 Å². The predicted octanol–water partition coefficient (Wildman–Crippen LogP) is 4.49. The summed E-state index contributed by atoms with van der Waals surface area (Å²) in [6, 6.07) is 11.1. The molecular formula is C19H22N2O2S. The summed E-state index contributed by atoms with van der Waals surface area (Å²) in [6.45, 7) is 0.515. The maximum Gasteiger partial charge on any atom is 0.411 e. The minimum absolute atomic E-state index is 0.358. The highest BCUT2D eigenvalue weighted by atomic mass is 32.1. The fourth-order valence-electron chi connectivity index (χ4n) is 3.91. The van der Waals surface area contributed by atoms with Crippen molar-refractivity contribution in [2.45, 2.75) is 37.8 Å². The number of benzene rings is 1. The minimum Gasteiger partial charge on any atom is -0.449 e. The highest BCUT2D eigenvalue weighted by molar-refractivity contribution is 7.08. The van der Waals surface area contributed by atoms with Crippen molar-refractivity contribution in [1.82, 2.24) is 5.32 Å². The summed E-state index contributed by atoms with van der Waals surface area (Å²) in [5, 5.41) is 10.6. The van der Waals surface area contributed by atoms with E-state index in [2.05, 4.69) is 22.1 Å². The molecule has 1 amide bonds. The van der Waals surface area contributed by atoms with E-state index in [1.807, 2.05) is 29.6 Å². The molecule has 4 rings (SSSR count). The van der Waals surface area contributed by atoms with Crippen molar-refractivity contribution in [2.24, 2.45) is 5.92 Å². The van der Waals surface area contributed by atoms with Crippen molar-refractivity contribution in [1.29, 1.82) is 0 Å². The maximum absolute atomic E-state index is 12.2. The molecule has 0 saturated carbocycles. The van der Waals surface area contributed by atoms with Gasteiger partial charge in [0.1, 0.15) is 0 Å². The van der Waals surface area contributed by atoms with Crippen LogP contribution in [0.1, 0.15) is 25.7 Å². The van der Waals surface area contributed by atoms with Crippen molar-refractivity contribution in [3.8, 4) is 11.1 Å². The molecule has 0 aliphatic carbocycles. The van der Waals surface area contributed by atoms with Gasteiger partial charge in [0.25, 0.3) is 0 Å².